The van der Waals surface area contributed by atoms with Crippen LogP contribution in [0.4, 0.5) is 0 Å². The van der Waals surface area contributed by atoms with Crippen LogP contribution in [0.3, 0.4) is 0 Å². The molecule has 68 heavy (non-hydrogen) atoms. The van der Waals surface area contributed by atoms with Crippen LogP contribution in [0.15, 0.2) is 60.8 Å². The van der Waals surface area contributed by atoms with Gasteiger partial charge in [0.05, 0.1) is 40.3 Å². The van der Waals surface area contributed by atoms with E-state index < -0.39 is 24.3 Å². The fraction of sp³-hybridized carbons (Fsp3) is 0.780. The molecule has 0 fully saturated rings. The van der Waals surface area contributed by atoms with Crippen LogP contribution < -0.4 is 5.11 Å². The van der Waals surface area contributed by atoms with Crippen molar-refractivity contribution in [3.8, 4) is 0 Å². The molecular formula is C59H105NO8. The molecule has 0 aromatic rings. The molecule has 0 radical (unpaired) electrons. The number of hydrogen-bond acceptors (Lipinski definition) is 8. The summed E-state index contributed by atoms with van der Waals surface area (Å²) in [5.41, 5.74) is 0. The summed E-state index contributed by atoms with van der Waals surface area (Å²) in [4.78, 5) is 37.2. The van der Waals surface area contributed by atoms with Gasteiger partial charge in [0.25, 0.3) is 0 Å². The quantitative estimate of drug-likeness (QED) is 0.0195. The summed E-state index contributed by atoms with van der Waals surface area (Å²) in [6.45, 7) is 4.64. The minimum absolute atomic E-state index is 0.145. The molecule has 9 heteroatoms. The van der Waals surface area contributed by atoms with E-state index in [1.807, 2.05) is 21.1 Å². The molecule has 0 saturated heterocycles. The number of esters is 2. The molecule has 2 atom stereocenters. The Labute approximate surface area is 418 Å². The van der Waals surface area contributed by atoms with Crippen molar-refractivity contribution in [3.05, 3.63) is 60.8 Å². The average Bonchev–Trinajstić information content (AvgIpc) is 3.30. The predicted octanol–water partition coefficient (Wildman–Crippen LogP) is 14.7. The molecule has 0 bridgehead atoms. The highest BCUT2D eigenvalue weighted by molar-refractivity contribution is 5.70. The summed E-state index contributed by atoms with van der Waals surface area (Å²) >= 11 is 0. The summed E-state index contributed by atoms with van der Waals surface area (Å²) in [5, 5.41) is 11.8. The number of aliphatic carboxylic acids is 1. The Morgan fingerprint density at radius 3 is 1.26 bits per heavy atom. The highest BCUT2D eigenvalue weighted by Crippen LogP contribution is 2.16. The van der Waals surface area contributed by atoms with Crippen LogP contribution in [-0.2, 0) is 33.3 Å². The topological polar surface area (TPSA) is 111 Å². The molecule has 0 amide bonds. The number of nitrogens with zero attached hydrogens (tertiary/aromatic N) is 1. The van der Waals surface area contributed by atoms with Crippen molar-refractivity contribution >= 4 is 17.9 Å². The molecule has 0 spiro atoms. The number of likely N-dealkylation sites (N-methyl/N-ethyl adjacent to an activating group) is 1. The maximum Gasteiger partial charge on any atom is 0.306 e. The van der Waals surface area contributed by atoms with Gasteiger partial charge in [-0.2, -0.15) is 0 Å². The lowest BCUT2D eigenvalue weighted by Gasteiger charge is -2.26. The van der Waals surface area contributed by atoms with Gasteiger partial charge in [-0.25, -0.2) is 0 Å². The largest absolute Gasteiger partial charge is 0.545 e. The van der Waals surface area contributed by atoms with Gasteiger partial charge >= 0.3 is 11.9 Å². The van der Waals surface area contributed by atoms with Crippen LogP contribution in [-0.4, -0.2) is 82.3 Å². The number of carboxylic acids is 1. The monoisotopic (exact) mass is 956 g/mol. The third kappa shape index (κ3) is 50.9. The van der Waals surface area contributed by atoms with Crippen molar-refractivity contribution in [1.82, 2.24) is 0 Å². The van der Waals surface area contributed by atoms with E-state index in [4.69, 9.17) is 18.9 Å². The lowest BCUT2D eigenvalue weighted by Crippen LogP contribution is -2.44. The number of ether oxygens (including phenoxy) is 4. The number of quaternary nitrogens is 1. The van der Waals surface area contributed by atoms with E-state index in [9.17, 15) is 19.5 Å². The number of rotatable bonds is 51. The second-order valence-electron chi connectivity index (χ2n) is 19.8. The number of hydrogen-bond donors (Lipinski definition) is 0. The third-order valence-corrected chi connectivity index (χ3v) is 12.0. The van der Waals surface area contributed by atoms with Gasteiger partial charge in [0.1, 0.15) is 13.2 Å². The van der Waals surface area contributed by atoms with Crippen molar-refractivity contribution in [3.63, 3.8) is 0 Å². The Morgan fingerprint density at radius 1 is 0.456 bits per heavy atom. The third-order valence-electron chi connectivity index (χ3n) is 12.0. The first-order chi connectivity index (χ1) is 33.1. The van der Waals surface area contributed by atoms with Gasteiger partial charge in [0.15, 0.2) is 12.4 Å². The van der Waals surface area contributed by atoms with E-state index in [0.717, 1.165) is 77.0 Å². The molecule has 2 unspecified atom stereocenters. The minimum atomic E-state index is -1.62. The summed E-state index contributed by atoms with van der Waals surface area (Å²) in [7, 11) is 5.92. The van der Waals surface area contributed by atoms with Gasteiger partial charge in [-0.1, -0.05) is 209 Å². The van der Waals surface area contributed by atoms with Crippen molar-refractivity contribution in [2.24, 2.45) is 0 Å². The lowest BCUT2D eigenvalue weighted by atomic mass is 10.0. The molecular weight excluding hydrogens is 851 g/mol. The van der Waals surface area contributed by atoms with Crippen molar-refractivity contribution < 1.29 is 42.9 Å². The number of unbranched alkanes of at least 4 members (excludes halogenated alkanes) is 26. The molecule has 394 valence electrons. The van der Waals surface area contributed by atoms with Crippen LogP contribution >= 0.6 is 0 Å². The summed E-state index contributed by atoms with van der Waals surface area (Å²) in [6, 6.07) is 0. The molecule has 0 aliphatic rings. The fourth-order valence-corrected chi connectivity index (χ4v) is 7.70. The zero-order valence-electron chi connectivity index (χ0n) is 44.7. The molecule has 0 aromatic carbocycles. The van der Waals surface area contributed by atoms with E-state index >= 15 is 0 Å². The molecule has 0 rings (SSSR count). The van der Waals surface area contributed by atoms with E-state index in [1.54, 1.807) is 0 Å². The molecule has 0 saturated carbocycles. The van der Waals surface area contributed by atoms with Crippen LogP contribution in [0, 0.1) is 0 Å². The normalized spacial score (nSPS) is 13.2. The van der Waals surface area contributed by atoms with Gasteiger partial charge in [-0.15, -0.1) is 0 Å². The highest BCUT2D eigenvalue weighted by Gasteiger charge is 2.22. The Bertz CT molecular complexity index is 1300. The van der Waals surface area contributed by atoms with E-state index in [1.165, 1.54) is 128 Å². The highest BCUT2D eigenvalue weighted by atomic mass is 16.7. The summed E-state index contributed by atoms with van der Waals surface area (Å²) in [5.74, 6) is -2.29. The van der Waals surface area contributed by atoms with Gasteiger partial charge in [-0.3, -0.25) is 9.59 Å². The van der Waals surface area contributed by atoms with Gasteiger partial charge in [0, 0.05) is 12.8 Å². The maximum atomic E-state index is 12.9. The molecule has 0 aliphatic heterocycles. The fourth-order valence-electron chi connectivity index (χ4n) is 7.70. The Morgan fingerprint density at radius 2 is 0.838 bits per heavy atom. The number of allylic oxidation sites excluding steroid dienone is 10. The first-order valence-corrected chi connectivity index (χ1v) is 27.9. The first kappa shape index (κ1) is 65.0. The smallest absolute Gasteiger partial charge is 0.306 e. The summed E-state index contributed by atoms with van der Waals surface area (Å²) in [6.07, 6.45) is 59.7. The Balaban J connectivity index is 4.27. The Kier molecular flexibility index (Phi) is 48.2. The molecule has 0 aromatic heterocycles. The molecule has 0 heterocycles. The maximum absolute atomic E-state index is 12.9. The predicted molar refractivity (Wildman–Crippen MR) is 283 cm³/mol. The molecule has 9 nitrogen and oxygen atoms in total. The van der Waals surface area contributed by atoms with Crippen molar-refractivity contribution in [1.29, 1.82) is 0 Å². The standard InChI is InChI=1S/C59H105NO8/c1-6-8-10-12-14-16-18-20-22-24-26-27-28-29-30-31-32-34-36-38-40-42-44-46-48-50-57(62)68-55(54-67-59(58(63)64)65-52-51-60(3,4)5)53-66-56(61)49-47-45-43-41-39-37-35-33-25-23-21-19-17-15-13-11-9-7-2/h8,10,14,16,20,22-23,25-27,55,59H,6-7,9,11-13,15,17-19,21,24,28-54H2,1-5H3/b10-8-,16-14-,22-20-,25-23-,27-26-. The minimum Gasteiger partial charge on any atom is -0.545 e. The lowest BCUT2D eigenvalue weighted by molar-refractivity contribution is -0.870. The molecule has 0 aliphatic carbocycles. The van der Waals surface area contributed by atoms with Crippen molar-refractivity contribution in [2.45, 2.75) is 251 Å². The SMILES string of the molecule is CC/C=C\C/C=C\C/C=C\C/C=C\CCCCCCCCCCCCCCC(=O)OC(COC(=O)CCCCCCCCC/C=C\CCCCCCCCC)COC(OCC[N+](C)(C)C)C(=O)[O-]. The zero-order chi connectivity index (χ0) is 49.9. The first-order valence-electron chi connectivity index (χ1n) is 27.9. The van der Waals surface area contributed by atoms with Crippen LogP contribution in [0.2, 0.25) is 0 Å². The van der Waals surface area contributed by atoms with E-state index in [2.05, 4.69) is 74.6 Å². The van der Waals surface area contributed by atoms with E-state index in [-0.39, 0.29) is 38.6 Å². The van der Waals surface area contributed by atoms with Crippen LogP contribution in [0.5, 0.6) is 0 Å². The average molecular weight is 956 g/mol. The van der Waals surface area contributed by atoms with Crippen LogP contribution in [0.25, 0.3) is 0 Å². The number of carboxylic acid groups (broad SMARTS) is 1. The number of carbonyl (C=O) groups excluding carboxylic acids is 3. The van der Waals surface area contributed by atoms with E-state index in [0.29, 0.717) is 17.4 Å². The molecule has 0 N–H and O–H groups in total. The van der Waals surface area contributed by atoms with Crippen molar-refractivity contribution in [2.75, 3.05) is 47.5 Å². The number of carbonyl (C=O) groups is 3. The van der Waals surface area contributed by atoms with Gasteiger partial charge < -0.3 is 33.3 Å². The second kappa shape index (κ2) is 50.4. The van der Waals surface area contributed by atoms with Gasteiger partial charge in [0.2, 0.25) is 0 Å². The second-order valence-corrected chi connectivity index (χ2v) is 19.8. The Hall–Kier alpha value is -3.01. The summed E-state index contributed by atoms with van der Waals surface area (Å²) < 4.78 is 22.7. The zero-order valence-corrected chi connectivity index (χ0v) is 44.7. The van der Waals surface area contributed by atoms with Crippen LogP contribution in [0.1, 0.15) is 239 Å². The van der Waals surface area contributed by atoms with Gasteiger partial charge in [-0.05, 0) is 77.0 Å².